The number of hydrogen-bond donors (Lipinski definition) is 1. The summed E-state index contributed by atoms with van der Waals surface area (Å²) in [5, 5.41) is 14.1. The molecule has 9 heteroatoms. The molecule has 0 radical (unpaired) electrons. The molecular formula is C20H22ClFN4O3. The number of hydrogen-bond acceptors (Lipinski definition) is 5. The van der Waals surface area contributed by atoms with Crippen LogP contribution < -0.4 is 5.32 Å². The molecule has 1 fully saturated rings. The van der Waals surface area contributed by atoms with Gasteiger partial charge < -0.3 is 10.2 Å². The summed E-state index contributed by atoms with van der Waals surface area (Å²) in [6.07, 6.45) is 0.260. The lowest BCUT2D eigenvalue weighted by atomic mass is 10.2. The minimum atomic E-state index is -0.512. The SMILES string of the molecule is O=C(CCN1CCN(Cc2ccc(F)cc2Cl)CC1)Nc1ccccc1[N+](=O)[O-]. The zero-order valence-corrected chi connectivity index (χ0v) is 16.6. The number of nitro groups is 1. The Morgan fingerprint density at radius 1 is 1.14 bits per heavy atom. The maximum atomic E-state index is 13.2. The van der Waals surface area contributed by atoms with Crippen molar-refractivity contribution >= 4 is 28.9 Å². The number of carbonyl (C=O) groups excluding carboxylic acids is 1. The number of benzene rings is 2. The Kier molecular flexibility index (Phi) is 7.13. The van der Waals surface area contributed by atoms with Crippen molar-refractivity contribution in [3.63, 3.8) is 0 Å². The minimum Gasteiger partial charge on any atom is -0.320 e. The van der Waals surface area contributed by atoms with E-state index in [-0.39, 0.29) is 29.5 Å². The van der Waals surface area contributed by atoms with Crippen LogP contribution in [0.2, 0.25) is 5.02 Å². The third-order valence-corrected chi connectivity index (χ3v) is 5.26. The van der Waals surface area contributed by atoms with Gasteiger partial charge in [-0.25, -0.2) is 4.39 Å². The standard InChI is InChI=1S/C20H22ClFN4O3/c21-17-13-16(22)6-5-15(17)14-25-11-9-24(10-12-25)8-7-20(27)23-18-3-1-2-4-19(18)26(28)29/h1-6,13H,7-12,14H2,(H,23,27). The van der Waals surface area contributed by atoms with E-state index in [0.717, 1.165) is 31.7 Å². The van der Waals surface area contributed by atoms with Crippen LogP contribution in [0, 0.1) is 15.9 Å². The summed E-state index contributed by atoms with van der Waals surface area (Å²) < 4.78 is 13.2. The van der Waals surface area contributed by atoms with Crippen molar-refractivity contribution < 1.29 is 14.1 Å². The highest BCUT2D eigenvalue weighted by Crippen LogP contribution is 2.23. The molecule has 154 valence electrons. The van der Waals surface area contributed by atoms with Gasteiger partial charge in [0.2, 0.25) is 5.91 Å². The van der Waals surface area contributed by atoms with Gasteiger partial charge in [0.1, 0.15) is 11.5 Å². The van der Waals surface area contributed by atoms with Gasteiger partial charge in [0.15, 0.2) is 0 Å². The fraction of sp³-hybridized carbons (Fsp3) is 0.350. The van der Waals surface area contributed by atoms with Crippen LogP contribution >= 0.6 is 11.6 Å². The average molecular weight is 421 g/mol. The van der Waals surface area contributed by atoms with E-state index in [9.17, 15) is 19.3 Å². The van der Waals surface area contributed by atoms with Crippen LogP contribution in [0.3, 0.4) is 0 Å². The van der Waals surface area contributed by atoms with Crippen molar-refractivity contribution in [3.8, 4) is 0 Å². The number of amides is 1. The predicted molar refractivity (Wildman–Crippen MR) is 109 cm³/mol. The molecule has 1 N–H and O–H groups in total. The summed E-state index contributed by atoms with van der Waals surface area (Å²) in [7, 11) is 0. The van der Waals surface area contributed by atoms with Crippen molar-refractivity contribution in [3.05, 3.63) is 69.0 Å². The highest BCUT2D eigenvalue weighted by Gasteiger charge is 2.19. The van der Waals surface area contributed by atoms with Crippen molar-refractivity contribution in [2.75, 3.05) is 38.0 Å². The molecule has 29 heavy (non-hydrogen) atoms. The normalized spacial score (nSPS) is 15.2. The third kappa shape index (κ3) is 5.96. The molecule has 0 atom stereocenters. The number of anilines is 1. The highest BCUT2D eigenvalue weighted by molar-refractivity contribution is 6.31. The molecule has 0 aromatic heterocycles. The lowest BCUT2D eigenvalue weighted by molar-refractivity contribution is -0.383. The van der Waals surface area contributed by atoms with Crippen LogP contribution in [-0.2, 0) is 11.3 Å². The van der Waals surface area contributed by atoms with Crippen molar-refractivity contribution in [1.82, 2.24) is 9.80 Å². The zero-order valence-electron chi connectivity index (χ0n) is 15.8. The molecule has 1 aliphatic heterocycles. The van der Waals surface area contributed by atoms with E-state index in [2.05, 4.69) is 15.1 Å². The van der Waals surface area contributed by atoms with Crippen LogP contribution in [-0.4, -0.2) is 53.4 Å². The topological polar surface area (TPSA) is 78.7 Å². The van der Waals surface area contributed by atoms with Crippen LogP contribution in [0.25, 0.3) is 0 Å². The second-order valence-corrected chi connectivity index (χ2v) is 7.33. The largest absolute Gasteiger partial charge is 0.320 e. The van der Waals surface area contributed by atoms with Gasteiger partial charge >= 0.3 is 0 Å². The van der Waals surface area contributed by atoms with Gasteiger partial charge in [-0.15, -0.1) is 0 Å². The summed E-state index contributed by atoms with van der Waals surface area (Å²) >= 11 is 6.10. The van der Waals surface area contributed by atoms with Gasteiger partial charge in [-0.2, -0.15) is 0 Å². The number of nitro benzene ring substituents is 1. The molecular weight excluding hydrogens is 399 g/mol. The van der Waals surface area contributed by atoms with Crippen LogP contribution in [0.1, 0.15) is 12.0 Å². The number of para-hydroxylation sites is 2. The number of nitrogens with zero attached hydrogens (tertiary/aromatic N) is 3. The summed E-state index contributed by atoms with van der Waals surface area (Å²) in [5.41, 5.74) is 0.989. The quantitative estimate of drug-likeness (QED) is 0.547. The van der Waals surface area contributed by atoms with E-state index in [1.807, 2.05) is 0 Å². The van der Waals surface area contributed by atoms with Gasteiger partial charge in [0.25, 0.3) is 5.69 Å². The molecule has 7 nitrogen and oxygen atoms in total. The Balaban J connectivity index is 1.43. The Morgan fingerprint density at radius 3 is 2.52 bits per heavy atom. The van der Waals surface area contributed by atoms with E-state index < -0.39 is 4.92 Å². The van der Waals surface area contributed by atoms with Gasteiger partial charge in [-0.1, -0.05) is 29.8 Å². The Bertz CT molecular complexity index is 888. The molecule has 0 unspecified atom stereocenters. The highest BCUT2D eigenvalue weighted by atomic mass is 35.5. The third-order valence-electron chi connectivity index (χ3n) is 4.90. The summed E-state index contributed by atoms with van der Waals surface area (Å²) in [6, 6.07) is 10.5. The van der Waals surface area contributed by atoms with Gasteiger partial charge in [-0.3, -0.25) is 19.8 Å². The van der Waals surface area contributed by atoms with Crippen LogP contribution in [0.5, 0.6) is 0 Å². The number of rotatable bonds is 7. The Labute approximate surface area is 173 Å². The van der Waals surface area contributed by atoms with Crippen molar-refractivity contribution in [1.29, 1.82) is 0 Å². The monoisotopic (exact) mass is 420 g/mol. The molecule has 0 bridgehead atoms. The molecule has 1 aliphatic rings. The summed E-state index contributed by atoms with van der Waals surface area (Å²) in [5.74, 6) is -0.595. The van der Waals surface area contributed by atoms with Gasteiger partial charge in [0, 0.05) is 56.8 Å². The Morgan fingerprint density at radius 2 is 1.83 bits per heavy atom. The predicted octanol–water partition coefficient (Wildman–Crippen LogP) is 3.53. The van der Waals surface area contributed by atoms with Gasteiger partial charge in [-0.05, 0) is 23.8 Å². The molecule has 1 saturated heterocycles. The molecule has 3 rings (SSSR count). The van der Waals surface area contributed by atoms with Gasteiger partial charge in [0.05, 0.1) is 4.92 Å². The van der Waals surface area contributed by atoms with E-state index in [0.29, 0.717) is 18.1 Å². The van der Waals surface area contributed by atoms with Crippen LogP contribution in [0.15, 0.2) is 42.5 Å². The van der Waals surface area contributed by atoms with E-state index in [4.69, 9.17) is 11.6 Å². The first-order chi connectivity index (χ1) is 13.9. The number of halogens is 2. The maximum absolute atomic E-state index is 13.2. The number of piperazine rings is 1. The van der Waals surface area contributed by atoms with E-state index in [1.54, 1.807) is 18.2 Å². The summed E-state index contributed by atoms with van der Waals surface area (Å²) in [6.45, 7) is 4.48. The first-order valence-corrected chi connectivity index (χ1v) is 9.72. The number of carbonyl (C=O) groups is 1. The maximum Gasteiger partial charge on any atom is 0.292 e. The second-order valence-electron chi connectivity index (χ2n) is 6.93. The first-order valence-electron chi connectivity index (χ1n) is 9.34. The molecule has 1 amide bonds. The first kappa shape index (κ1) is 21.2. The van der Waals surface area contributed by atoms with E-state index >= 15 is 0 Å². The fourth-order valence-corrected chi connectivity index (χ4v) is 3.50. The minimum absolute atomic E-state index is 0.117. The fourth-order valence-electron chi connectivity index (χ4n) is 3.27. The average Bonchev–Trinajstić information content (AvgIpc) is 2.70. The molecule has 0 spiro atoms. The van der Waals surface area contributed by atoms with Crippen molar-refractivity contribution in [2.45, 2.75) is 13.0 Å². The second kappa shape index (κ2) is 9.78. The molecule has 2 aromatic rings. The molecule has 1 heterocycles. The summed E-state index contributed by atoms with van der Waals surface area (Å²) in [4.78, 5) is 27.1. The lowest BCUT2D eigenvalue weighted by Crippen LogP contribution is -2.46. The number of nitrogens with one attached hydrogen (secondary N) is 1. The zero-order chi connectivity index (χ0) is 20.8. The van der Waals surface area contributed by atoms with Crippen molar-refractivity contribution in [2.24, 2.45) is 0 Å². The molecule has 2 aromatic carbocycles. The van der Waals surface area contributed by atoms with E-state index in [1.165, 1.54) is 24.3 Å². The van der Waals surface area contributed by atoms with Crippen LogP contribution in [0.4, 0.5) is 15.8 Å². The molecule has 0 saturated carbocycles. The molecule has 0 aliphatic carbocycles. The Hall–Kier alpha value is -2.55. The lowest BCUT2D eigenvalue weighted by Gasteiger charge is -2.34. The smallest absolute Gasteiger partial charge is 0.292 e.